The van der Waals surface area contributed by atoms with Crippen molar-refractivity contribution in [3.05, 3.63) is 77.9 Å². The van der Waals surface area contributed by atoms with Crippen LogP contribution in [0.15, 0.2) is 60.7 Å². The highest BCUT2D eigenvalue weighted by atomic mass is 31.1. The Balaban J connectivity index is 1.96. The highest BCUT2D eigenvalue weighted by molar-refractivity contribution is 7.55. The van der Waals surface area contributed by atoms with Gasteiger partial charge in [-0.05, 0) is 23.8 Å². The minimum Gasteiger partial charge on any atom is -0.497 e. The maximum absolute atomic E-state index is 14.1. The van der Waals surface area contributed by atoms with Gasteiger partial charge in [-0.15, -0.1) is 0 Å². The zero-order valence-electron chi connectivity index (χ0n) is 15.0. The van der Waals surface area contributed by atoms with E-state index in [4.69, 9.17) is 14.2 Å². The fourth-order valence-corrected chi connectivity index (χ4v) is 3.73. The van der Waals surface area contributed by atoms with E-state index in [0.717, 1.165) is 11.6 Å². The average Bonchev–Trinajstić information content (AvgIpc) is 2.69. The third-order valence-electron chi connectivity index (χ3n) is 3.91. The van der Waals surface area contributed by atoms with Gasteiger partial charge in [0.1, 0.15) is 24.0 Å². The minimum atomic E-state index is -0.607. The summed E-state index contributed by atoms with van der Waals surface area (Å²) in [4.78, 5) is 0. The van der Waals surface area contributed by atoms with E-state index in [1.165, 1.54) is 19.2 Å². The van der Waals surface area contributed by atoms with Gasteiger partial charge in [0.05, 0.1) is 14.2 Å². The summed E-state index contributed by atoms with van der Waals surface area (Å²) >= 11 is 0. The van der Waals surface area contributed by atoms with Crippen LogP contribution in [0.1, 0.15) is 5.56 Å². The number of rotatable bonds is 7. The third-order valence-corrected chi connectivity index (χ3v) is 5.23. The predicted molar refractivity (Wildman–Crippen MR) is 104 cm³/mol. The summed E-state index contributed by atoms with van der Waals surface area (Å²) in [7, 11) is 2.99. The van der Waals surface area contributed by atoms with Gasteiger partial charge in [0.25, 0.3) is 0 Å². The molecule has 140 valence electrons. The molecule has 0 aliphatic carbocycles. The van der Waals surface area contributed by atoms with Gasteiger partial charge in [0.2, 0.25) is 0 Å². The molecule has 27 heavy (non-hydrogen) atoms. The molecule has 0 radical (unpaired) electrons. The van der Waals surface area contributed by atoms with Crippen LogP contribution in [0.2, 0.25) is 0 Å². The molecule has 0 N–H and O–H groups in total. The first-order chi connectivity index (χ1) is 13.1. The van der Waals surface area contributed by atoms with Crippen molar-refractivity contribution in [1.29, 1.82) is 0 Å². The zero-order valence-corrected chi connectivity index (χ0v) is 16.0. The Morgan fingerprint density at radius 1 is 0.852 bits per heavy atom. The Kier molecular flexibility index (Phi) is 6.25. The number of ether oxygens (including phenoxy) is 3. The Labute approximate surface area is 158 Å². The fraction of sp³-hybridized carbons (Fsp3) is 0.143. The summed E-state index contributed by atoms with van der Waals surface area (Å²) in [6.07, 6.45) is 0. The van der Waals surface area contributed by atoms with Crippen molar-refractivity contribution in [2.24, 2.45) is 0 Å². The van der Waals surface area contributed by atoms with Crippen molar-refractivity contribution in [2.75, 3.05) is 14.2 Å². The van der Waals surface area contributed by atoms with E-state index in [-0.39, 0.29) is 8.58 Å². The van der Waals surface area contributed by atoms with Crippen LogP contribution in [0, 0.1) is 11.6 Å². The topological polar surface area (TPSA) is 27.7 Å². The first kappa shape index (κ1) is 19.1. The van der Waals surface area contributed by atoms with Crippen molar-refractivity contribution in [2.45, 2.75) is 6.61 Å². The van der Waals surface area contributed by atoms with Crippen molar-refractivity contribution in [1.82, 2.24) is 0 Å². The van der Waals surface area contributed by atoms with Crippen LogP contribution in [-0.2, 0) is 6.61 Å². The summed E-state index contributed by atoms with van der Waals surface area (Å²) in [5.41, 5.74) is 0.998. The van der Waals surface area contributed by atoms with Gasteiger partial charge in [-0.2, -0.15) is 0 Å². The van der Waals surface area contributed by atoms with E-state index in [1.807, 2.05) is 30.3 Å². The predicted octanol–water partition coefficient (Wildman–Crippen LogP) is 4.19. The van der Waals surface area contributed by atoms with Gasteiger partial charge in [-0.25, -0.2) is 8.78 Å². The molecule has 3 aromatic rings. The van der Waals surface area contributed by atoms with E-state index in [1.54, 1.807) is 19.2 Å². The Morgan fingerprint density at radius 3 is 2.30 bits per heavy atom. The summed E-state index contributed by atoms with van der Waals surface area (Å²) in [5.74, 6) is 0.386. The quantitative estimate of drug-likeness (QED) is 0.568. The van der Waals surface area contributed by atoms with E-state index < -0.39 is 11.6 Å². The molecule has 3 aromatic carbocycles. The molecule has 1 unspecified atom stereocenters. The summed E-state index contributed by atoms with van der Waals surface area (Å²) in [6.45, 7) is 0.340. The van der Waals surface area contributed by atoms with E-state index in [9.17, 15) is 8.78 Å². The molecule has 0 saturated carbocycles. The van der Waals surface area contributed by atoms with E-state index in [0.29, 0.717) is 34.5 Å². The molecule has 0 aliphatic rings. The lowest BCUT2D eigenvalue weighted by atomic mass is 10.2. The van der Waals surface area contributed by atoms with Crippen LogP contribution >= 0.6 is 8.58 Å². The molecule has 1 atom stereocenters. The summed E-state index contributed by atoms with van der Waals surface area (Å²) < 4.78 is 44.1. The van der Waals surface area contributed by atoms with Gasteiger partial charge in [-0.1, -0.05) is 38.9 Å². The van der Waals surface area contributed by atoms with Gasteiger partial charge in [-0.3, -0.25) is 0 Å². The average molecular weight is 388 g/mol. The molecule has 0 fully saturated rings. The number of hydrogen-bond acceptors (Lipinski definition) is 3. The van der Waals surface area contributed by atoms with Crippen molar-refractivity contribution >= 4 is 19.2 Å². The molecule has 0 heterocycles. The normalized spacial score (nSPS) is 11.0. The maximum atomic E-state index is 14.1. The lowest BCUT2D eigenvalue weighted by molar-refractivity contribution is 0.286. The SMILES string of the molecule is COc1cc(OC)c(OCc2ccccc2)c(Pc2ccc(F)cc2F)c1. The zero-order chi connectivity index (χ0) is 19.2. The van der Waals surface area contributed by atoms with Gasteiger partial charge < -0.3 is 14.2 Å². The molecule has 3 rings (SSSR count). The molecular weight excluding hydrogens is 369 g/mol. The second-order valence-corrected chi connectivity index (χ2v) is 7.06. The molecule has 3 nitrogen and oxygen atoms in total. The summed E-state index contributed by atoms with van der Waals surface area (Å²) in [6, 6.07) is 16.8. The Bertz CT molecular complexity index is 917. The standard InChI is InChI=1S/C21H19F2O3P/c1-24-16-11-18(25-2)21(26-13-14-6-4-3-5-7-14)20(12-16)27-19-9-8-15(22)10-17(19)23/h3-12,27H,13H2,1-2H3. The van der Waals surface area contributed by atoms with Gasteiger partial charge in [0.15, 0.2) is 11.5 Å². The van der Waals surface area contributed by atoms with Gasteiger partial charge in [0, 0.05) is 22.7 Å². The monoisotopic (exact) mass is 388 g/mol. The molecule has 0 bridgehead atoms. The van der Waals surface area contributed by atoms with Crippen molar-refractivity contribution < 1.29 is 23.0 Å². The lowest BCUT2D eigenvalue weighted by Crippen LogP contribution is -2.13. The molecule has 6 heteroatoms. The van der Waals surface area contributed by atoms with Gasteiger partial charge >= 0.3 is 0 Å². The van der Waals surface area contributed by atoms with E-state index >= 15 is 0 Å². The fourth-order valence-electron chi connectivity index (χ4n) is 2.55. The van der Waals surface area contributed by atoms with Crippen molar-refractivity contribution in [3.63, 3.8) is 0 Å². The molecule has 0 amide bonds. The molecule has 0 saturated heterocycles. The third kappa shape index (κ3) is 4.75. The van der Waals surface area contributed by atoms with Crippen LogP contribution in [-0.4, -0.2) is 14.2 Å². The largest absolute Gasteiger partial charge is 0.497 e. The first-order valence-corrected chi connectivity index (χ1v) is 9.25. The lowest BCUT2D eigenvalue weighted by Gasteiger charge is -2.17. The number of benzene rings is 3. The minimum absolute atomic E-state index is 0.0896. The molecule has 0 spiro atoms. The second-order valence-electron chi connectivity index (χ2n) is 5.73. The Hall–Kier alpha value is -2.65. The van der Waals surface area contributed by atoms with Crippen LogP contribution in [0.3, 0.4) is 0 Å². The van der Waals surface area contributed by atoms with Crippen LogP contribution in [0.25, 0.3) is 0 Å². The first-order valence-electron chi connectivity index (χ1n) is 8.25. The van der Waals surface area contributed by atoms with E-state index in [2.05, 4.69) is 0 Å². The summed E-state index contributed by atoms with van der Waals surface area (Å²) in [5, 5.41) is 1.10. The number of methoxy groups -OCH3 is 2. The highest BCUT2D eigenvalue weighted by Crippen LogP contribution is 2.35. The smallest absolute Gasteiger partial charge is 0.169 e. The molecular formula is C21H19F2O3P. The number of halogens is 2. The van der Waals surface area contributed by atoms with Crippen LogP contribution in [0.4, 0.5) is 8.78 Å². The van der Waals surface area contributed by atoms with Crippen LogP contribution < -0.4 is 24.8 Å². The highest BCUT2D eigenvalue weighted by Gasteiger charge is 2.16. The van der Waals surface area contributed by atoms with Crippen LogP contribution in [0.5, 0.6) is 17.2 Å². The molecule has 0 aliphatic heterocycles. The Morgan fingerprint density at radius 2 is 1.63 bits per heavy atom. The second kappa shape index (κ2) is 8.83. The maximum Gasteiger partial charge on any atom is 0.169 e. The number of hydrogen-bond donors (Lipinski definition) is 0. The molecule has 0 aromatic heterocycles. The van der Waals surface area contributed by atoms with Crippen molar-refractivity contribution in [3.8, 4) is 17.2 Å².